The zero-order valence-corrected chi connectivity index (χ0v) is 12.0. The number of hydrogen-bond acceptors (Lipinski definition) is 3. The van der Waals surface area contributed by atoms with E-state index in [0.717, 1.165) is 11.3 Å². The fourth-order valence-electron chi connectivity index (χ4n) is 1.51. The van der Waals surface area contributed by atoms with E-state index in [4.69, 9.17) is 4.74 Å². The molecule has 0 radical (unpaired) electrons. The first kappa shape index (κ1) is 14.5. The summed E-state index contributed by atoms with van der Waals surface area (Å²) < 4.78 is 5.24. The molecule has 0 atom stereocenters. The van der Waals surface area contributed by atoms with Crippen LogP contribution in [0, 0.1) is 0 Å². The molecule has 1 heterocycles. The summed E-state index contributed by atoms with van der Waals surface area (Å²) in [5.41, 5.74) is 1.14. The molecular weight excluding hydrogens is 228 g/mol. The maximum Gasteiger partial charge on any atom is 0.412 e. The zero-order chi connectivity index (χ0) is 14.0. The van der Waals surface area contributed by atoms with Gasteiger partial charge in [-0.2, -0.15) is 0 Å². The molecule has 0 unspecified atom stereocenters. The summed E-state index contributed by atoms with van der Waals surface area (Å²) in [6, 6.07) is 1.78. The van der Waals surface area contributed by atoms with E-state index < -0.39 is 11.7 Å². The van der Waals surface area contributed by atoms with E-state index in [1.165, 1.54) is 0 Å². The van der Waals surface area contributed by atoms with Gasteiger partial charge in [0.2, 0.25) is 0 Å². The molecule has 0 aromatic carbocycles. The third-order valence-electron chi connectivity index (χ3n) is 2.26. The fourth-order valence-corrected chi connectivity index (χ4v) is 1.51. The van der Waals surface area contributed by atoms with Crippen molar-refractivity contribution >= 4 is 11.8 Å². The minimum atomic E-state index is -0.501. The van der Waals surface area contributed by atoms with Crippen LogP contribution in [0.2, 0.25) is 0 Å². The Kier molecular flexibility index (Phi) is 3.99. The molecular formula is C14H22N2O2. The molecule has 0 saturated heterocycles. The molecule has 1 aromatic heterocycles. The molecule has 4 heteroatoms. The SMILES string of the molecule is CC(C)(C)OC(=O)Nc1ccncc1C(C)(C)C. The molecule has 0 fully saturated rings. The van der Waals surface area contributed by atoms with Gasteiger partial charge in [0.05, 0.1) is 5.69 Å². The van der Waals surface area contributed by atoms with E-state index in [9.17, 15) is 4.79 Å². The highest BCUT2D eigenvalue weighted by molar-refractivity contribution is 5.86. The smallest absolute Gasteiger partial charge is 0.412 e. The molecule has 1 rings (SSSR count). The van der Waals surface area contributed by atoms with Crippen LogP contribution < -0.4 is 5.32 Å². The normalized spacial score (nSPS) is 12.1. The van der Waals surface area contributed by atoms with Crippen molar-refractivity contribution in [2.75, 3.05) is 5.32 Å². The third kappa shape index (κ3) is 4.35. The number of amides is 1. The molecule has 0 spiro atoms. The average Bonchev–Trinajstić information content (AvgIpc) is 2.13. The van der Waals surface area contributed by atoms with Crippen molar-refractivity contribution in [1.29, 1.82) is 0 Å². The quantitative estimate of drug-likeness (QED) is 0.826. The van der Waals surface area contributed by atoms with Gasteiger partial charge in [0.1, 0.15) is 5.60 Å². The van der Waals surface area contributed by atoms with E-state index in [-0.39, 0.29) is 5.41 Å². The number of rotatable bonds is 1. The van der Waals surface area contributed by atoms with Crippen molar-refractivity contribution in [1.82, 2.24) is 4.98 Å². The van der Waals surface area contributed by atoms with Crippen LogP contribution in [0.25, 0.3) is 0 Å². The van der Waals surface area contributed by atoms with E-state index in [1.807, 2.05) is 20.8 Å². The molecule has 1 amide bonds. The Morgan fingerprint density at radius 2 is 1.83 bits per heavy atom. The lowest BCUT2D eigenvalue weighted by Gasteiger charge is -2.24. The number of carbonyl (C=O) groups excluding carboxylic acids is 1. The topological polar surface area (TPSA) is 51.2 Å². The molecule has 0 aliphatic rings. The number of pyridine rings is 1. The second-order valence-electron chi connectivity index (χ2n) is 6.30. The number of hydrogen-bond donors (Lipinski definition) is 1. The number of ether oxygens (including phenoxy) is 1. The minimum Gasteiger partial charge on any atom is -0.444 e. The predicted molar refractivity (Wildman–Crippen MR) is 72.8 cm³/mol. The van der Waals surface area contributed by atoms with Crippen molar-refractivity contribution in [2.45, 2.75) is 52.6 Å². The van der Waals surface area contributed by atoms with Crippen LogP contribution in [-0.4, -0.2) is 16.7 Å². The van der Waals surface area contributed by atoms with Gasteiger partial charge in [0.15, 0.2) is 0 Å². The van der Waals surface area contributed by atoms with E-state index in [0.29, 0.717) is 0 Å². The van der Waals surface area contributed by atoms with E-state index in [1.54, 1.807) is 18.5 Å². The molecule has 0 aliphatic carbocycles. The van der Waals surface area contributed by atoms with Crippen LogP contribution in [0.1, 0.15) is 47.1 Å². The van der Waals surface area contributed by atoms with Crippen molar-refractivity contribution < 1.29 is 9.53 Å². The first-order valence-corrected chi connectivity index (χ1v) is 6.04. The number of carbonyl (C=O) groups is 1. The molecule has 18 heavy (non-hydrogen) atoms. The van der Waals surface area contributed by atoms with Gasteiger partial charge in [-0.3, -0.25) is 10.3 Å². The Hall–Kier alpha value is -1.58. The third-order valence-corrected chi connectivity index (χ3v) is 2.26. The monoisotopic (exact) mass is 250 g/mol. The van der Waals surface area contributed by atoms with Crippen molar-refractivity contribution in [3.8, 4) is 0 Å². The second-order valence-corrected chi connectivity index (χ2v) is 6.30. The maximum atomic E-state index is 11.8. The van der Waals surface area contributed by atoms with Crippen LogP contribution in [0.3, 0.4) is 0 Å². The predicted octanol–water partition coefficient (Wildman–Crippen LogP) is 3.73. The number of anilines is 1. The Balaban J connectivity index is 2.89. The lowest BCUT2D eigenvalue weighted by Crippen LogP contribution is -2.28. The number of aromatic nitrogens is 1. The Morgan fingerprint density at radius 3 is 2.33 bits per heavy atom. The Labute approximate surface area is 109 Å². The molecule has 0 saturated carbocycles. The van der Waals surface area contributed by atoms with Crippen molar-refractivity contribution in [2.24, 2.45) is 0 Å². The summed E-state index contributed by atoms with van der Waals surface area (Å²) >= 11 is 0. The first-order valence-electron chi connectivity index (χ1n) is 6.04. The second kappa shape index (κ2) is 4.96. The Bertz CT molecular complexity index is 428. The van der Waals surface area contributed by atoms with Crippen LogP contribution in [0.5, 0.6) is 0 Å². The van der Waals surface area contributed by atoms with Crippen molar-refractivity contribution in [3.63, 3.8) is 0 Å². The van der Waals surface area contributed by atoms with Gasteiger partial charge in [-0.05, 0) is 37.8 Å². The molecule has 0 bridgehead atoms. The van der Waals surface area contributed by atoms with E-state index in [2.05, 4.69) is 31.1 Å². The summed E-state index contributed by atoms with van der Waals surface area (Å²) in [5.74, 6) is 0. The summed E-state index contributed by atoms with van der Waals surface area (Å²) in [6.45, 7) is 11.7. The highest BCUT2D eigenvalue weighted by Crippen LogP contribution is 2.28. The largest absolute Gasteiger partial charge is 0.444 e. The fraction of sp³-hybridized carbons (Fsp3) is 0.571. The van der Waals surface area contributed by atoms with Gasteiger partial charge in [-0.15, -0.1) is 0 Å². The van der Waals surface area contributed by atoms with Gasteiger partial charge in [-0.25, -0.2) is 4.79 Å². The maximum absolute atomic E-state index is 11.8. The summed E-state index contributed by atoms with van der Waals surface area (Å²) in [7, 11) is 0. The van der Waals surface area contributed by atoms with Gasteiger partial charge in [0.25, 0.3) is 0 Å². The molecule has 4 nitrogen and oxygen atoms in total. The molecule has 0 aliphatic heterocycles. The standard InChI is InChI=1S/C14H22N2O2/c1-13(2,3)10-9-15-8-7-11(10)16-12(17)18-14(4,5)6/h7-9H,1-6H3,(H,15,16,17). The first-order chi connectivity index (χ1) is 8.09. The number of nitrogens with one attached hydrogen (secondary N) is 1. The van der Waals surface area contributed by atoms with Gasteiger partial charge in [0, 0.05) is 12.4 Å². The van der Waals surface area contributed by atoms with Gasteiger partial charge < -0.3 is 4.74 Å². The summed E-state index contributed by atoms with van der Waals surface area (Å²) in [4.78, 5) is 15.9. The molecule has 1 aromatic rings. The zero-order valence-electron chi connectivity index (χ0n) is 12.0. The highest BCUT2D eigenvalue weighted by Gasteiger charge is 2.21. The van der Waals surface area contributed by atoms with E-state index >= 15 is 0 Å². The van der Waals surface area contributed by atoms with Crippen LogP contribution >= 0.6 is 0 Å². The van der Waals surface area contributed by atoms with Gasteiger partial charge >= 0.3 is 6.09 Å². The van der Waals surface area contributed by atoms with Crippen LogP contribution in [-0.2, 0) is 10.2 Å². The number of nitrogens with zero attached hydrogens (tertiary/aromatic N) is 1. The average molecular weight is 250 g/mol. The van der Waals surface area contributed by atoms with Crippen molar-refractivity contribution in [3.05, 3.63) is 24.0 Å². The Morgan fingerprint density at radius 1 is 1.22 bits per heavy atom. The molecule has 1 N–H and O–H groups in total. The molecule has 100 valence electrons. The summed E-state index contributed by atoms with van der Waals surface area (Å²) in [5, 5.41) is 2.77. The lowest BCUT2D eigenvalue weighted by atomic mass is 9.87. The van der Waals surface area contributed by atoms with Crippen LogP contribution in [0.15, 0.2) is 18.5 Å². The summed E-state index contributed by atoms with van der Waals surface area (Å²) in [6.07, 6.45) is 2.98. The van der Waals surface area contributed by atoms with Gasteiger partial charge in [-0.1, -0.05) is 20.8 Å². The van der Waals surface area contributed by atoms with Crippen LogP contribution in [0.4, 0.5) is 10.5 Å². The lowest BCUT2D eigenvalue weighted by molar-refractivity contribution is 0.0635. The highest BCUT2D eigenvalue weighted by atomic mass is 16.6. The minimum absolute atomic E-state index is 0.0847.